The summed E-state index contributed by atoms with van der Waals surface area (Å²) in [5, 5.41) is 3.24. The topological polar surface area (TPSA) is 48.1 Å². The lowest BCUT2D eigenvalue weighted by Crippen LogP contribution is -2.37. The first kappa shape index (κ1) is 12.0. The normalized spacial score (nSPS) is 19.9. The smallest absolute Gasteiger partial charge is 0.119 e. The van der Waals surface area contributed by atoms with Crippen LogP contribution in [0.4, 0.5) is 0 Å². The lowest BCUT2D eigenvalue weighted by molar-refractivity contribution is 0.184. The van der Waals surface area contributed by atoms with Gasteiger partial charge in [0.1, 0.15) is 5.01 Å². The molecule has 90 valence electrons. The van der Waals surface area contributed by atoms with Crippen molar-refractivity contribution in [1.82, 2.24) is 4.98 Å². The summed E-state index contributed by atoms with van der Waals surface area (Å²) < 4.78 is 5.11. The highest BCUT2D eigenvalue weighted by atomic mass is 32.1. The van der Waals surface area contributed by atoms with Gasteiger partial charge >= 0.3 is 0 Å². The van der Waals surface area contributed by atoms with Gasteiger partial charge in [-0.05, 0) is 12.8 Å². The van der Waals surface area contributed by atoms with E-state index in [-0.39, 0.29) is 5.41 Å². The van der Waals surface area contributed by atoms with Gasteiger partial charge in [0.2, 0.25) is 0 Å². The minimum atomic E-state index is 0.154. The summed E-state index contributed by atoms with van der Waals surface area (Å²) in [6, 6.07) is 0. The molecule has 1 saturated carbocycles. The molecule has 1 aliphatic rings. The summed E-state index contributed by atoms with van der Waals surface area (Å²) in [4.78, 5) is 4.68. The number of aromatic nitrogens is 1. The zero-order valence-electron chi connectivity index (χ0n) is 9.87. The summed E-state index contributed by atoms with van der Waals surface area (Å²) in [5.41, 5.74) is 7.34. The zero-order valence-corrected chi connectivity index (χ0v) is 10.7. The van der Waals surface area contributed by atoms with Gasteiger partial charge in [-0.1, -0.05) is 19.3 Å². The van der Waals surface area contributed by atoms with E-state index in [1.165, 1.54) is 37.8 Å². The van der Waals surface area contributed by atoms with Crippen molar-refractivity contribution in [1.29, 1.82) is 0 Å². The van der Waals surface area contributed by atoms with E-state index in [0.717, 1.165) is 11.6 Å². The van der Waals surface area contributed by atoms with Crippen LogP contribution < -0.4 is 5.73 Å². The van der Waals surface area contributed by atoms with Gasteiger partial charge in [0.25, 0.3) is 0 Å². The molecule has 1 fully saturated rings. The summed E-state index contributed by atoms with van der Waals surface area (Å²) in [5.74, 6) is 0. The minimum Gasteiger partial charge on any atom is -0.378 e. The van der Waals surface area contributed by atoms with Crippen LogP contribution in [0.15, 0.2) is 5.38 Å². The van der Waals surface area contributed by atoms with E-state index in [4.69, 9.17) is 10.5 Å². The van der Waals surface area contributed by atoms with E-state index in [1.807, 2.05) is 0 Å². The molecular weight excluding hydrogens is 220 g/mol. The van der Waals surface area contributed by atoms with E-state index >= 15 is 0 Å². The Balaban J connectivity index is 2.18. The largest absolute Gasteiger partial charge is 0.378 e. The highest BCUT2D eigenvalue weighted by Crippen LogP contribution is 2.38. The molecule has 4 heteroatoms. The van der Waals surface area contributed by atoms with Crippen LogP contribution in [0.1, 0.15) is 42.8 Å². The predicted octanol–water partition coefficient (Wildman–Crippen LogP) is 2.45. The number of nitrogens with two attached hydrogens (primary N) is 1. The zero-order chi connectivity index (χ0) is 11.4. The average molecular weight is 240 g/mol. The van der Waals surface area contributed by atoms with Crippen molar-refractivity contribution < 1.29 is 4.74 Å². The van der Waals surface area contributed by atoms with Gasteiger partial charge in [0.05, 0.1) is 12.3 Å². The molecule has 0 amide bonds. The molecule has 1 aliphatic carbocycles. The Labute approximate surface area is 101 Å². The molecule has 0 saturated heterocycles. The summed E-state index contributed by atoms with van der Waals surface area (Å²) >= 11 is 1.69. The molecule has 16 heavy (non-hydrogen) atoms. The maximum Gasteiger partial charge on any atom is 0.119 e. The lowest BCUT2D eigenvalue weighted by Gasteiger charge is -2.34. The molecule has 0 bridgehead atoms. The number of thiazole rings is 1. The van der Waals surface area contributed by atoms with Gasteiger partial charge in [0, 0.05) is 24.4 Å². The third-order valence-electron chi connectivity index (χ3n) is 3.56. The fraction of sp³-hybridized carbons (Fsp3) is 0.750. The first-order valence-corrected chi connectivity index (χ1v) is 6.82. The Morgan fingerprint density at radius 2 is 2.19 bits per heavy atom. The Hall–Kier alpha value is -0.450. The number of nitrogens with zero attached hydrogens (tertiary/aromatic N) is 1. The van der Waals surface area contributed by atoms with Crippen molar-refractivity contribution in [2.75, 3.05) is 13.7 Å². The Kier molecular flexibility index (Phi) is 3.95. The fourth-order valence-corrected chi connectivity index (χ4v) is 3.42. The molecule has 0 unspecified atom stereocenters. The van der Waals surface area contributed by atoms with Crippen LogP contribution in [0.25, 0.3) is 0 Å². The van der Waals surface area contributed by atoms with Gasteiger partial charge in [-0.3, -0.25) is 0 Å². The third kappa shape index (κ3) is 2.29. The van der Waals surface area contributed by atoms with Crippen LogP contribution in [0.3, 0.4) is 0 Å². The third-order valence-corrected chi connectivity index (χ3v) is 4.39. The Bertz CT molecular complexity index is 332. The Morgan fingerprint density at radius 3 is 2.81 bits per heavy atom. The standard InChI is InChI=1S/C12H20N2OS/c1-15-7-11-14-10(8-16-11)12(9-13)5-3-2-4-6-12/h8H,2-7,9,13H2,1H3. The second kappa shape index (κ2) is 5.25. The van der Waals surface area contributed by atoms with Crippen LogP contribution in [0.5, 0.6) is 0 Å². The first-order valence-electron chi connectivity index (χ1n) is 5.95. The van der Waals surface area contributed by atoms with Crippen molar-refractivity contribution in [3.05, 3.63) is 16.1 Å². The van der Waals surface area contributed by atoms with Crippen molar-refractivity contribution in [3.63, 3.8) is 0 Å². The minimum absolute atomic E-state index is 0.154. The molecule has 0 aliphatic heterocycles. The molecule has 2 N–H and O–H groups in total. The van der Waals surface area contributed by atoms with Crippen molar-refractivity contribution >= 4 is 11.3 Å². The summed E-state index contributed by atoms with van der Waals surface area (Å²) in [6.45, 7) is 1.34. The van der Waals surface area contributed by atoms with E-state index in [2.05, 4.69) is 10.4 Å². The number of ether oxygens (including phenoxy) is 1. The first-order chi connectivity index (χ1) is 7.80. The van der Waals surface area contributed by atoms with Crippen LogP contribution in [0, 0.1) is 0 Å². The molecule has 2 rings (SSSR count). The van der Waals surface area contributed by atoms with Crippen LogP contribution >= 0.6 is 11.3 Å². The summed E-state index contributed by atoms with van der Waals surface area (Å²) in [7, 11) is 1.71. The second-order valence-electron chi connectivity index (χ2n) is 4.60. The van der Waals surface area contributed by atoms with Crippen LogP contribution in [-0.4, -0.2) is 18.6 Å². The van der Waals surface area contributed by atoms with Gasteiger partial charge in [0.15, 0.2) is 0 Å². The van der Waals surface area contributed by atoms with E-state index in [0.29, 0.717) is 6.61 Å². The summed E-state index contributed by atoms with van der Waals surface area (Å²) in [6.07, 6.45) is 6.30. The molecule has 0 radical (unpaired) electrons. The van der Waals surface area contributed by atoms with Gasteiger partial charge in [-0.25, -0.2) is 4.98 Å². The maximum absolute atomic E-state index is 5.99. The van der Waals surface area contributed by atoms with Crippen molar-refractivity contribution in [2.24, 2.45) is 5.73 Å². The molecule has 0 aromatic carbocycles. The predicted molar refractivity (Wildman–Crippen MR) is 66.6 cm³/mol. The molecule has 0 atom stereocenters. The molecule has 1 aromatic heterocycles. The monoisotopic (exact) mass is 240 g/mol. The van der Waals surface area contributed by atoms with Gasteiger partial charge in [-0.15, -0.1) is 11.3 Å². The lowest BCUT2D eigenvalue weighted by atomic mass is 9.72. The molecule has 1 aromatic rings. The van der Waals surface area contributed by atoms with E-state index in [9.17, 15) is 0 Å². The molecule has 3 nitrogen and oxygen atoms in total. The maximum atomic E-state index is 5.99. The van der Waals surface area contributed by atoms with Crippen LogP contribution in [-0.2, 0) is 16.8 Å². The highest BCUT2D eigenvalue weighted by molar-refractivity contribution is 7.09. The fourth-order valence-electron chi connectivity index (χ4n) is 2.54. The number of methoxy groups -OCH3 is 1. The number of hydrogen-bond donors (Lipinski definition) is 1. The SMILES string of the molecule is COCc1nc(C2(CN)CCCCC2)cs1. The molecule has 1 heterocycles. The highest BCUT2D eigenvalue weighted by Gasteiger charge is 2.34. The van der Waals surface area contributed by atoms with Crippen LogP contribution in [0.2, 0.25) is 0 Å². The number of rotatable bonds is 4. The van der Waals surface area contributed by atoms with Crippen molar-refractivity contribution in [2.45, 2.75) is 44.1 Å². The average Bonchev–Trinajstić information content (AvgIpc) is 2.80. The molecule has 0 spiro atoms. The molecular formula is C12H20N2OS. The van der Waals surface area contributed by atoms with Crippen molar-refractivity contribution in [3.8, 4) is 0 Å². The Morgan fingerprint density at radius 1 is 1.44 bits per heavy atom. The number of hydrogen-bond acceptors (Lipinski definition) is 4. The second-order valence-corrected chi connectivity index (χ2v) is 5.55. The quantitative estimate of drug-likeness (QED) is 0.879. The van der Waals surface area contributed by atoms with Gasteiger partial charge < -0.3 is 10.5 Å². The van der Waals surface area contributed by atoms with E-state index < -0.39 is 0 Å². The van der Waals surface area contributed by atoms with E-state index in [1.54, 1.807) is 18.4 Å². The van der Waals surface area contributed by atoms with Gasteiger partial charge in [-0.2, -0.15) is 0 Å².